The second-order valence-corrected chi connectivity index (χ2v) is 6.83. The molecule has 0 aliphatic rings. The molecule has 0 unspecified atom stereocenters. The molecule has 2 aromatic heterocycles. The van der Waals surface area contributed by atoms with Crippen molar-refractivity contribution < 1.29 is 9.13 Å². The number of rotatable bonds is 4. The number of aromatic nitrogens is 4. The lowest BCUT2D eigenvalue weighted by Gasteiger charge is -2.03. The lowest BCUT2D eigenvalue weighted by atomic mass is 10.2. The van der Waals surface area contributed by atoms with E-state index < -0.39 is 0 Å². The van der Waals surface area contributed by atoms with Gasteiger partial charge in [-0.05, 0) is 36.4 Å². The summed E-state index contributed by atoms with van der Waals surface area (Å²) in [7, 11) is 0. The molecule has 0 atom stereocenters. The SMILES string of the molecule is Fc1ccc(OCc2nn3c(-c4ccccc4Br)nnc3s2)cc1. The molecular formula is C16H10BrFN4OS. The van der Waals surface area contributed by atoms with Gasteiger partial charge in [0.2, 0.25) is 4.96 Å². The van der Waals surface area contributed by atoms with E-state index in [1.165, 1.54) is 23.5 Å². The van der Waals surface area contributed by atoms with Gasteiger partial charge in [0, 0.05) is 10.0 Å². The fraction of sp³-hybridized carbons (Fsp3) is 0.0625. The van der Waals surface area contributed by atoms with Crippen molar-refractivity contribution in [2.45, 2.75) is 6.61 Å². The van der Waals surface area contributed by atoms with E-state index in [9.17, 15) is 4.39 Å². The highest BCUT2D eigenvalue weighted by atomic mass is 79.9. The molecule has 8 heteroatoms. The summed E-state index contributed by atoms with van der Waals surface area (Å²) in [5.74, 6) is 0.967. The zero-order chi connectivity index (χ0) is 16.5. The minimum absolute atomic E-state index is 0.287. The molecule has 120 valence electrons. The maximum Gasteiger partial charge on any atom is 0.235 e. The van der Waals surface area contributed by atoms with Crippen LogP contribution in [0.4, 0.5) is 4.39 Å². The fourth-order valence-corrected chi connectivity index (χ4v) is 3.41. The van der Waals surface area contributed by atoms with E-state index in [4.69, 9.17) is 4.74 Å². The Kier molecular flexibility index (Phi) is 3.99. The van der Waals surface area contributed by atoms with Crippen LogP contribution in [0.25, 0.3) is 16.3 Å². The first kappa shape index (κ1) is 15.2. The molecule has 0 radical (unpaired) electrons. The molecule has 2 heterocycles. The maximum absolute atomic E-state index is 12.9. The summed E-state index contributed by atoms with van der Waals surface area (Å²) in [6, 6.07) is 13.7. The third-order valence-corrected chi connectivity index (χ3v) is 4.89. The number of fused-ring (bicyclic) bond motifs is 1. The Bertz CT molecular complexity index is 999. The van der Waals surface area contributed by atoms with Gasteiger partial charge in [-0.15, -0.1) is 10.2 Å². The highest BCUT2D eigenvalue weighted by Gasteiger charge is 2.15. The van der Waals surface area contributed by atoms with Crippen molar-refractivity contribution in [1.29, 1.82) is 0 Å². The van der Waals surface area contributed by atoms with Crippen molar-refractivity contribution in [3.63, 3.8) is 0 Å². The minimum Gasteiger partial charge on any atom is -0.486 e. The molecule has 0 N–H and O–H groups in total. The molecule has 0 aliphatic heterocycles. The molecule has 2 aromatic carbocycles. The van der Waals surface area contributed by atoms with Crippen molar-refractivity contribution in [3.05, 3.63) is 63.8 Å². The standard InChI is InChI=1S/C16H10BrFN4OS/c17-13-4-2-1-3-12(13)15-19-20-16-22(15)21-14(24-16)9-23-11-7-5-10(18)6-8-11/h1-8H,9H2. The van der Waals surface area contributed by atoms with Crippen LogP contribution in [0.1, 0.15) is 5.01 Å². The molecule has 4 rings (SSSR count). The molecule has 0 amide bonds. The van der Waals surface area contributed by atoms with Gasteiger partial charge in [-0.3, -0.25) is 0 Å². The highest BCUT2D eigenvalue weighted by Crippen LogP contribution is 2.28. The topological polar surface area (TPSA) is 52.3 Å². The number of hydrogen-bond acceptors (Lipinski definition) is 5. The molecule has 0 bridgehead atoms. The lowest BCUT2D eigenvalue weighted by molar-refractivity contribution is 0.303. The molecule has 0 aliphatic carbocycles. The van der Waals surface area contributed by atoms with E-state index in [1.807, 2.05) is 24.3 Å². The summed E-state index contributed by atoms with van der Waals surface area (Å²) >= 11 is 4.92. The molecule has 0 fully saturated rings. The van der Waals surface area contributed by atoms with Crippen molar-refractivity contribution in [1.82, 2.24) is 19.8 Å². The van der Waals surface area contributed by atoms with E-state index in [2.05, 4.69) is 31.2 Å². The zero-order valence-electron chi connectivity index (χ0n) is 12.2. The number of halogens is 2. The molecular weight excluding hydrogens is 395 g/mol. The van der Waals surface area contributed by atoms with Crippen molar-refractivity contribution in [2.75, 3.05) is 0 Å². The number of ether oxygens (including phenoxy) is 1. The number of benzene rings is 2. The monoisotopic (exact) mass is 404 g/mol. The van der Waals surface area contributed by atoms with Gasteiger partial charge in [0.1, 0.15) is 18.2 Å². The van der Waals surface area contributed by atoms with Crippen LogP contribution in [0.3, 0.4) is 0 Å². The van der Waals surface area contributed by atoms with Gasteiger partial charge in [0.25, 0.3) is 0 Å². The Balaban J connectivity index is 1.60. The molecule has 0 spiro atoms. The van der Waals surface area contributed by atoms with Crippen LogP contribution in [-0.2, 0) is 6.61 Å². The van der Waals surface area contributed by atoms with Crippen molar-refractivity contribution >= 4 is 32.2 Å². The van der Waals surface area contributed by atoms with Crippen LogP contribution in [0, 0.1) is 5.82 Å². The van der Waals surface area contributed by atoms with Crippen LogP contribution in [-0.4, -0.2) is 19.8 Å². The number of nitrogens with zero attached hydrogens (tertiary/aromatic N) is 4. The first-order chi connectivity index (χ1) is 11.7. The predicted octanol–water partition coefficient (Wildman–Crippen LogP) is 4.33. The van der Waals surface area contributed by atoms with Crippen LogP contribution >= 0.6 is 27.3 Å². The Morgan fingerprint density at radius 1 is 1.08 bits per heavy atom. The second kappa shape index (κ2) is 6.29. The fourth-order valence-electron chi connectivity index (χ4n) is 2.20. The Hall–Kier alpha value is -2.32. The van der Waals surface area contributed by atoms with E-state index in [-0.39, 0.29) is 12.4 Å². The first-order valence-corrected chi connectivity index (χ1v) is 8.66. The van der Waals surface area contributed by atoms with Crippen LogP contribution in [0.2, 0.25) is 0 Å². The average molecular weight is 405 g/mol. The minimum atomic E-state index is -0.292. The smallest absolute Gasteiger partial charge is 0.235 e. The molecule has 0 saturated heterocycles. The van der Waals surface area contributed by atoms with Gasteiger partial charge in [-0.25, -0.2) is 4.39 Å². The van der Waals surface area contributed by atoms with Crippen LogP contribution < -0.4 is 4.74 Å². The quantitative estimate of drug-likeness (QED) is 0.507. The summed E-state index contributed by atoms with van der Waals surface area (Å²) in [6.45, 7) is 0.287. The summed E-state index contributed by atoms with van der Waals surface area (Å²) in [4.78, 5) is 0.693. The first-order valence-electron chi connectivity index (χ1n) is 7.05. The number of hydrogen-bond donors (Lipinski definition) is 0. The molecule has 0 saturated carbocycles. The maximum atomic E-state index is 12.9. The van der Waals surface area contributed by atoms with Crippen molar-refractivity contribution in [2.24, 2.45) is 0 Å². The van der Waals surface area contributed by atoms with E-state index >= 15 is 0 Å². The third-order valence-electron chi connectivity index (χ3n) is 3.32. The molecule has 5 nitrogen and oxygen atoms in total. The van der Waals surface area contributed by atoms with Gasteiger partial charge in [-0.1, -0.05) is 39.4 Å². The predicted molar refractivity (Wildman–Crippen MR) is 92.5 cm³/mol. The summed E-state index contributed by atoms with van der Waals surface area (Å²) < 4.78 is 21.2. The second-order valence-electron chi connectivity index (χ2n) is 4.94. The molecule has 24 heavy (non-hydrogen) atoms. The van der Waals surface area contributed by atoms with Crippen LogP contribution in [0.5, 0.6) is 5.75 Å². The van der Waals surface area contributed by atoms with Gasteiger partial charge in [0.05, 0.1) is 0 Å². The van der Waals surface area contributed by atoms with E-state index in [1.54, 1.807) is 16.6 Å². The van der Waals surface area contributed by atoms with Gasteiger partial charge in [-0.2, -0.15) is 9.61 Å². The van der Waals surface area contributed by atoms with E-state index in [0.29, 0.717) is 16.5 Å². The van der Waals surface area contributed by atoms with Gasteiger partial charge < -0.3 is 4.74 Å². The Morgan fingerprint density at radius 2 is 1.88 bits per heavy atom. The Morgan fingerprint density at radius 3 is 2.67 bits per heavy atom. The summed E-state index contributed by atoms with van der Waals surface area (Å²) in [6.07, 6.45) is 0. The van der Waals surface area contributed by atoms with Crippen LogP contribution in [0.15, 0.2) is 53.0 Å². The largest absolute Gasteiger partial charge is 0.486 e. The lowest BCUT2D eigenvalue weighted by Crippen LogP contribution is -1.97. The summed E-state index contributed by atoms with van der Waals surface area (Å²) in [5.41, 5.74) is 0.918. The van der Waals surface area contributed by atoms with E-state index in [0.717, 1.165) is 15.0 Å². The zero-order valence-corrected chi connectivity index (χ0v) is 14.6. The average Bonchev–Trinajstić information content (AvgIpc) is 3.15. The van der Waals surface area contributed by atoms with Gasteiger partial charge in [0.15, 0.2) is 10.8 Å². The summed E-state index contributed by atoms with van der Waals surface area (Å²) in [5, 5.41) is 13.6. The third kappa shape index (κ3) is 2.90. The van der Waals surface area contributed by atoms with Gasteiger partial charge >= 0.3 is 0 Å². The molecule has 4 aromatic rings. The highest BCUT2D eigenvalue weighted by molar-refractivity contribution is 9.10. The Labute approximate surface area is 148 Å². The van der Waals surface area contributed by atoms with Crippen molar-refractivity contribution in [3.8, 4) is 17.1 Å². The normalized spacial score (nSPS) is 11.1.